The summed E-state index contributed by atoms with van der Waals surface area (Å²) >= 11 is 0. The molecule has 0 spiro atoms. The first kappa shape index (κ1) is 21.4. The third-order valence-electron chi connectivity index (χ3n) is 6.44. The van der Waals surface area contributed by atoms with Crippen LogP contribution in [0.25, 0.3) is 11.0 Å². The first-order chi connectivity index (χ1) is 15.8. The van der Waals surface area contributed by atoms with Gasteiger partial charge in [-0.1, -0.05) is 0 Å². The summed E-state index contributed by atoms with van der Waals surface area (Å²) in [5.74, 6) is 4.49. The molecule has 3 atom stereocenters. The van der Waals surface area contributed by atoms with Crippen molar-refractivity contribution in [2.75, 3.05) is 19.5 Å². The Morgan fingerprint density at radius 3 is 2.97 bits per heavy atom. The van der Waals surface area contributed by atoms with Crippen molar-refractivity contribution in [2.45, 2.75) is 30.1 Å². The van der Waals surface area contributed by atoms with Crippen molar-refractivity contribution in [3.8, 4) is 5.88 Å². The van der Waals surface area contributed by atoms with E-state index in [4.69, 9.17) is 10.5 Å². The maximum atomic E-state index is 15.2. The molecule has 0 radical (unpaired) electrons. The van der Waals surface area contributed by atoms with E-state index in [0.717, 1.165) is 6.42 Å². The number of guanidine groups is 1. The van der Waals surface area contributed by atoms with Crippen LogP contribution in [0.5, 0.6) is 5.88 Å². The van der Waals surface area contributed by atoms with E-state index in [0.29, 0.717) is 46.8 Å². The van der Waals surface area contributed by atoms with E-state index in [9.17, 15) is 4.21 Å². The van der Waals surface area contributed by atoms with Crippen LogP contribution in [0.3, 0.4) is 0 Å². The first-order valence-corrected chi connectivity index (χ1v) is 12.2. The lowest BCUT2D eigenvalue weighted by Crippen LogP contribution is -2.55. The third kappa shape index (κ3) is 3.26. The minimum absolute atomic E-state index is 0.103. The number of nitrogens with one attached hydrogen (secondary N) is 1. The Labute approximate surface area is 191 Å². The van der Waals surface area contributed by atoms with Gasteiger partial charge in [0.15, 0.2) is 5.82 Å². The van der Waals surface area contributed by atoms with Gasteiger partial charge in [0, 0.05) is 24.5 Å². The van der Waals surface area contributed by atoms with E-state index >= 15 is 4.39 Å². The largest absolute Gasteiger partial charge is 0.480 e. The number of pyridine rings is 1. The van der Waals surface area contributed by atoms with Crippen molar-refractivity contribution in [1.29, 1.82) is 0 Å². The number of rotatable bonds is 4. The third-order valence-corrected chi connectivity index (χ3v) is 9.07. The van der Waals surface area contributed by atoms with Gasteiger partial charge in [-0.2, -0.15) is 0 Å². The average Bonchev–Trinajstić information content (AvgIpc) is 3.24. The second-order valence-corrected chi connectivity index (χ2v) is 10.7. The van der Waals surface area contributed by atoms with Crippen molar-refractivity contribution >= 4 is 44.1 Å². The molecule has 1 aliphatic carbocycles. The topological polar surface area (TPSA) is 119 Å². The van der Waals surface area contributed by atoms with Crippen LogP contribution in [0.4, 0.5) is 15.9 Å². The number of hydrogen-bond donors (Lipinski definition) is 2. The second kappa shape index (κ2) is 7.55. The Hall–Kier alpha value is -3.47. The lowest BCUT2D eigenvalue weighted by molar-refractivity contribution is 0.397. The summed E-state index contributed by atoms with van der Waals surface area (Å²) in [6.45, 7) is 0. The van der Waals surface area contributed by atoms with Gasteiger partial charge in [0.2, 0.25) is 11.8 Å². The van der Waals surface area contributed by atoms with E-state index in [1.807, 2.05) is 0 Å². The average molecular weight is 470 g/mol. The number of hydrogen-bond acceptors (Lipinski definition) is 8. The SMILES string of the molecule is C=S1(=O)C2CCC[C@]2(c2cc(Nc3nccc4nc(OC)cnc34)ccc2F)N=C(N)N1C. The predicted molar refractivity (Wildman–Crippen MR) is 128 cm³/mol. The Bertz CT molecular complexity index is 1390. The summed E-state index contributed by atoms with van der Waals surface area (Å²) < 4.78 is 35.3. The Kier molecular flexibility index (Phi) is 4.89. The number of aromatic nitrogens is 3. The predicted octanol–water partition coefficient (Wildman–Crippen LogP) is 2.56. The zero-order valence-corrected chi connectivity index (χ0v) is 19.1. The number of aliphatic imine (C=N–C) groups is 1. The molecule has 11 heteroatoms. The summed E-state index contributed by atoms with van der Waals surface area (Å²) in [5.41, 5.74) is 7.16. The minimum Gasteiger partial charge on any atom is -0.480 e. The van der Waals surface area contributed by atoms with Crippen LogP contribution in [0.2, 0.25) is 0 Å². The number of methoxy groups -OCH3 is 1. The van der Waals surface area contributed by atoms with E-state index in [1.165, 1.54) is 23.7 Å². The number of nitrogens with two attached hydrogens (primary N) is 1. The molecule has 2 unspecified atom stereocenters. The Morgan fingerprint density at radius 2 is 2.18 bits per heavy atom. The maximum Gasteiger partial charge on any atom is 0.232 e. The molecule has 1 aromatic carbocycles. The molecule has 9 nitrogen and oxygen atoms in total. The molecule has 0 bridgehead atoms. The molecule has 1 aliphatic heterocycles. The summed E-state index contributed by atoms with van der Waals surface area (Å²) in [6, 6.07) is 6.40. The molecular formula is C22H24FN7O2S. The first-order valence-electron chi connectivity index (χ1n) is 10.4. The van der Waals surface area contributed by atoms with Crippen LogP contribution in [-0.2, 0) is 15.2 Å². The monoisotopic (exact) mass is 469 g/mol. The second-order valence-electron chi connectivity index (χ2n) is 8.22. The maximum absolute atomic E-state index is 15.2. The highest BCUT2D eigenvalue weighted by atomic mass is 32.2. The van der Waals surface area contributed by atoms with E-state index < -0.39 is 26.3 Å². The Morgan fingerprint density at radius 1 is 1.36 bits per heavy atom. The van der Waals surface area contributed by atoms with Crippen LogP contribution >= 0.6 is 0 Å². The molecule has 1 fully saturated rings. The van der Waals surface area contributed by atoms with Gasteiger partial charge in [-0.3, -0.25) is 4.31 Å². The highest BCUT2D eigenvalue weighted by Gasteiger charge is 2.54. The van der Waals surface area contributed by atoms with Gasteiger partial charge in [0.05, 0.1) is 33.8 Å². The number of ether oxygens (including phenoxy) is 1. The summed E-state index contributed by atoms with van der Waals surface area (Å²) in [5, 5.41) is 2.77. The molecule has 172 valence electrons. The van der Waals surface area contributed by atoms with Crippen LogP contribution in [0.15, 0.2) is 41.7 Å². The molecule has 2 aromatic heterocycles. The molecule has 1 saturated carbocycles. The fourth-order valence-corrected chi connectivity index (χ4v) is 6.94. The highest BCUT2D eigenvalue weighted by Crippen LogP contribution is 2.50. The smallest absolute Gasteiger partial charge is 0.232 e. The molecule has 3 heterocycles. The van der Waals surface area contributed by atoms with Gasteiger partial charge >= 0.3 is 0 Å². The lowest BCUT2D eigenvalue weighted by Gasteiger charge is -2.42. The molecule has 33 heavy (non-hydrogen) atoms. The van der Waals surface area contributed by atoms with E-state index in [1.54, 1.807) is 31.4 Å². The number of benzene rings is 1. The van der Waals surface area contributed by atoms with Crippen LogP contribution in [0.1, 0.15) is 24.8 Å². The molecule has 3 aromatic rings. The van der Waals surface area contributed by atoms with Crippen LogP contribution in [0, 0.1) is 5.82 Å². The van der Waals surface area contributed by atoms with Crippen molar-refractivity contribution < 1.29 is 13.3 Å². The standard InChI is InChI=1S/C22H24FN7O2S/c1-30-21(24)29-22(9-4-5-17(22)33(30,3)31)14-11-13(6-7-15(14)23)27-20-19-16(8-10-25-20)28-18(32-2)12-26-19/h6-8,10-12,17H,3-5,9H2,1-2H3,(H2,24,29)(H,25,27)/t17?,22-,33?/m1/s1. The lowest BCUT2D eigenvalue weighted by atomic mass is 9.87. The van der Waals surface area contributed by atoms with Crippen LogP contribution in [-0.4, -0.2) is 54.7 Å². The van der Waals surface area contributed by atoms with Crippen molar-refractivity contribution in [2.24, 2.45) is 10.7 Å². The molecule has 0 amide bonds. The van der Waals surface area contributed by atoms with Crippen molar-refractivity contribution in [1.82, 2.24) is 19.3 Å². The fourth-order valence-electron chi connectivity index (χ4n) is 4.76. The normalized spacial score (nSPS) is 26.7. The minimum atomic E-state index is -2.77. The van der Waals surface area contributed by atoms with Crippen molar-refractivity contribution in [3.63, 3.8) is 0 Å². The molecule has 2 aliphatic rings. The molecular weight excluding hydrogens is 445 g/mol. The Balaban J connectivity index is 1.60. The van der Waals surface area contributed by atoms with Crippen molar-refractivity contribution in [3.05, 3.63) is 48.0 Å². The van der Waals surface area contributed by atoms with Gasteiger partial charge in [-0.25, -0.2) is 28.5 Å². The van der Waals surface area contributed by atoms with Gasteiger partial charge < -0.3 is 15.8 Å². The van der Waals surface area contributed by atoms with Crippen LogP contribution < -0.4 is 15.8 Å². The summed E-state index contributed by atoms with van der Waals surface area (Å²) in [4.78, 5) is 17.8. The molecule has 3 N–H and O–H groups in total. The zero-order chi connectivity index (χ0) is 23.4. The van der Waals surface area contributed by atoms with E-state index in [2.05, 4.69) is 31.1 Å². The number of halogens is 1. The van der Waals surface area contributed by atoms with E-state index in [-0.39, 0.29) is 5.96 Å². The van der Waals surface area contributed by atoms with Gasteiger partial charge in [-0.05, 0) is 49.4 Å². The molecule has 5 rings (SSSR count). The number of anilines is 2. The van der Waals surface area contributed by atoms with Gasteiger partial charge in [-0.15, -0.1) is 0 Å². The zero-order valence-electron chi connectivity index (χ0n) is 18.3. The van der Waals surface area contributed by atoms with Gasteiger partial charge in [0.25, 0.3) is 0 Å². The number of fused-ring (bicyclic) bond motifs is 2. The highest BCUT2D eigenvalue weighted by molar-refractivity contribution is 7.99. The molecule has 0 saturated heterocycles. The quantitative estimate of drug-likeness (QED) is 0.564. The fraction of sp³-hybridized carbons (Fsp3) is 0.318. The summed E-state index contributed by atoms with van der Waals surface area (Å²) in [7, 11) is 0.369. The van der Waals surface area contributed by atoms with Gasteiger partial charge in [0.1, 0.15) is 16.9 Å². The number of nitrogens with zero attached hydrogens (tertiary/aromatic N) is 5. The summed E-state index contributed by atoms with van der Waals surface area (Å²) in [6.07, 6.45) is 5.03.